The molecule has 3 atom stereocenters. The quantitative estimate of drug-likeness (QED) is 0.842. The third kappa shape index (κ3) is 4.26. The van der Waals surface area contributed by atoms with Gasteiger partial charge in [0.15, 0.2) is 0 Å². The summed E-state index contributed by atoms with van der Waals surface area (Å²) in [5, 5.41) is 2.83. The van der Waals surface area contributed by atoms with Crippen LogP contribution in [-0.4, -0.2) is 79.3 Å². The zero-order valence-corrected chi connectivity index (χ0v) is 17.7. The first kappa shape index (κ1) is 20.2. The fraction of sp³-hybridized carbons (Fsp3) is 0.636. The number of carbonyl (C=O) groups excluding carboxylic acids is 2. The van der Waals surface area contributed by atoms with Crippen LogP contribution < -0.4 is 10.2 Å². The lowest BCUT2D eigenvalue weighted by Gasteiger charge is -2.38. The molecule has 0 spiro atoms. The van der Waals surface area contributed by atoms with Gasteiger partial charge in [-0.15, -0.1) is 0 Å². The number of hydrogen-bond donors (Lipinski definition) is 1. The minimum absolute atomic E-state index is 0.0687. The van der Waals surface area contributed by atoms with Gasteiger partial charge in [-0.05, 0) is 57.4 Å². The predicted molar refractivity (Wildman–Crippen MR) is 112 cm³/mol. The summed E-state index contributed by atoms with van der Waals surface area (Å²) in [5.74, 6) is 0.0994. The summed E-state index contributed by atoms with van der Waals surface area (Å²) in [6.45, 7) is 11.1. The maximum atomic E-state index is 13.3. The lowest BCUT2D eigenvalue weighted by atomic mass is 10.1. The summed E-state index contributed by atoms with van der Waals surface area (Å²) in [6, 6.07) is 5.89. The smallest absolute Gasteiger partial charge is 0.322 e. The number of carbonyl (C=O) groups is 2. The summed E-state index contributed by atoms with van der Waals surface area (Å²) < 4.78 is 5.84. The van der Waals surface area contributed by atoms with E-state index < -0.39 is 0 Å². The van der Waals surface area contributed by atoms with Gasteiger partial charge in [0.2, 0.25) is 0 Å². The number of anilines is 1. The molecule has 0 aliphatic carbocycles. The van der Waals surface area contributed by atoms with E-state index in [-0.39, 0.29) is 30.2 Å². The molecular weight excluding hydrogens is 368 g/mol. The Hall–Kier alpha value is -2.12. The number of hydrogen-bond acceptors (Lipinski definition) is 4. The van der Waals surface area contributed by atoms with Gasteiger partial charge in [-0.1, -0.05) is 0 Å². The molecule has 4 rings (SSSR count). The molecule has 3 unspecified atom stereocenters. The molecule has 0 aromatic heterocycles. The number of aryl methyl sites for hydroxylation is 1. The van der Waals surface area contributed by atoms with E-state index in [4.69, 9.17) is 4.74 Å². The molecule has 3 aliphatic heterocycles. The number of likely N-dealkylation sites (tertiary alicyclic amines) is 1. The highest BCUT2D eigenvalue weighted by Crippen LogP contribution is 2.26. The monoisotopic (exact) mass is 400 g/mol. The minimum Gasteiger partial charge on any atom is -0.373 e. The Balaban J connectivity index is 1.45. The van der Waals surface area contributed by atoms with Crippen molar-refractivity contribution in [2.45, 2.75) is 51.9 Å². The molecule has 0 bridgehead atoms. The van der Waals surface area contributed by atoms with E-state index in [1.54, 1.807) is 4.90 Å². The summed E-state index contributed by atoms with van der Waals surface area (Å²) >= 11 is 0. The van der Waals surface area contributed by atoms with Crippen LogP contribution >= 0.6 is 0 Å². The first-order chi connectivity index (χ1) is 13.9. The van der Waals surface area contributed by atoms with Crippen LogP contribution in [0.15, 0.2) is 18.2 Å². The van der Waals surface area contributed by atoms with Crippen LogP contribution in [0, 0.1) is 6.92 Å². The summed E-state index contributed by atoms with van der Waals surface area (Å²) in [6.07, 6.45) is 2.58. The molecule has 3 fully saturated rings. The zero-order valence-electron chi connectivity index (χ0n) is 17.7. The topological polar surface area (TPSA) is 65.1 Å². The van der Waals surface area contributed by atoms with Crippen molar-refractivity contribution in [1.82, 2.24) is 15.1 Å². The van der Waals surface area contributed by atoms with E-state index in [0.717, 1.165) is 50.3 Å². The lowest BCUT2D eigenvalue weighted by Crippen LogP contribution is -2.50. The average Bonchev–Trinajstić information content (AvgIpc) is 3.29. The number of amides is 3. The highest BCUT2D eigenvalue weighted by molar-refractivity contribution is 5.98. The fourth-order valence-corrected chi connectivity index (χ4v) is 4.98. The van der Waals surface area contributed by atoms with E-state index >= 15 is 0 Å². The van der Waals surface area contributed by atoms with Crippen molar-refractivity contribution in [1.29, 1.82) is 0 Å². The van der Waals surface area contributed by atoms with Gasteiger partial charge in [0.1, 0.15) is 0 Å². The number of rotatable bonds is 4. The maximum Gasteiger partial charge on any atom is 0.322 e. The molecular formula is C22H32N4O3. The molecule has 3 aliphatic rings. The van der Waals surface area contributed by atoms with Crippen molar-refractivity contribution >= 4 is 17.6 Å². The number of nitrogens with zero attached hydrogens (tertiary/aromatic N) is 3. The van der Waals surface area contributed by atoms with E-state index in [1.165, 1.54) is 0 Å². The van der Waals surface area contributed by atoms with Gasteiger partial charge in [0, 0.05) is 56.6 Å². The van der Waals surface area contributed by atoms with E-state index in [0.29, 0.717) is 18.7 Å². The molecule has 0 radical (unpaired) electrons. The Morgan fingerprint density at radius 2 is 1.97 bits per heavy atom. The van der Waals surface area contributed by atoms with Crippen molar-refractivity contribution in [3.8, 4) is 0 Å². The highest BCUT2D eigenvalue weighted by atomic mass is 16.5. The first-order valence-corrected chi connectivity index (χ1v) is 10.8. The SMILES string of the molecule is Cc1cc(C(=O)N2CCCC2CN2CC(C)OC(C)C2)ccc1N1CCNC1=O. The molecule has 1 aromatic rings. The number of ether oxygens (including phenoxy) is 1. The van der Waals surface area contributed by atoms with Crippen LogP contribution in [0.4, 0.5) is 10.5 Å². The zero-order chi connectivity index (χ0) is 20.5. The van der Waals surface area contributed by atoms with Crippen LogP contribution in [0.2, 0.25) is 0 Å². The molecule has 3 heterocycles. The van der Waals surface area contributed by atoms with Gasteiger partial charge in [-0.3, -0.25) is 14.6 Å². The van der Waals surface area contributed by atoms with Crippen LogP contribution in [-0.2, 0) is 4.74 Å². The van der Waals surface area contributed by atoms with Crippen molar-refractivity contribution in [3.05, 3.63) is 29.3 Å². The van der Waals surface area contributed by atoms with Crippen LogP contribution in [0.5, 0.6) is 0 Å². The second-order valence-electron chi connectivity index (χ2n) is 8.66. The Kier molecular flexibility index (Phi) is 5.79. The van der Waals surface area contributed by atoms with Crippen molar-refractivity contribution < 1.29 is 14.3 Å². The molecule has 3 amide bonds. The van der Waals surface area contributed by atoms with Gasteiger partial charge in [0.05, 0.1) is 12.2 Å². The number of nitrogens with one attached hydrogen (secondary N) is 1. The largest absolute Gasteiger partial charge is 0.373 e. The standard InChI is InChI=1S/C22H32N4O3/c1-15-11-18(6-7-20(15)26-10-8-23-22(26)28)21(27)25-9-4-5-19(25)14-24-12-16(2)29-17(3)13-24/h6-7,11,16-17,19H,4-5,8-10,12-14H2,1-3H3,(H,23,28). The molecule has 3 saturated heterocycles. The van der Waals surface area contributed by atoms with Gasteiger partial charge in [-0.25, -0.2) is 4.79 Å². The number of urea groups is 1. The second-order valence-corrected chi connectivity index (χ2v) is 8.66. The summed E-state index contributed by atoms with van der Waals surface area (Å²) in [7, 11) is 0. The van der Waals surface area contributed by atoms with E-state index in [1.807, 2.05) is 30.0 Å². The molecule has 1 N–H and O–H groups in total. The summed E-state index contributed by atoms with van der Waals surface area (Å²) in [4.78, 5) is 31.4. The van der Waals surface area contributed by atoms with E-state index in [9.17, 15) is 9.59 Å². The summed E-state index contributed by atoms with van der Waals surface area (Å²) in [5.41, 5.74) is 2.55. The minimum atomic E-state index is -0.0687. The maximum absolute atomic E-state index is 13.3. The Morgan fingerprint density at radius 1 is 1.21 bits per heavy atom. The third-order valence-electron chi connectivity index (χ3n) is 6.19. The Labute approximate surface area is 173 Å². The van der Waals surface area contributed by atoms with Gasteiger partial charge in [-0.2, -0.15) is 0 Å². The van der Waals surface area contributed by atoms with E-state index in [2.05, 4.69) is 24.1 Å². The average molecular weight is 401 g/mol. The van der Waals surface area contributed by atoms with Gasteiger partial charge < -0.3 is 15.0 Å². The van der Waals surface area contributed by atoms with Gasteiger partial charge >= 0.3 is 6.03 Å². The number of morpholine rings is 1. The molecule has 29 heavy (non-hydrogen) atoms. The van der Waals surface area contributed by atoms with Crippen LogP contribution in [0.3, 0.4) is 0 Å². The number of benzene rings is 1. The molecule has 0 saturated carbocycles. The van der Waals surface area contributed by atoms with Crippen LogP contribution in [0.25, 0.3) is 0 Å². The van der Waals surface area contributed by atoms with Crippen molar-refractivity contribution in [2.75, 3.05) is 44.2 Å². The Morgan fingerprint density at radius 3 is 2.62 bits per heavy atom. The van der Waals surface area contributed by atoms with Crippen LogP contribution in [0.1, 0.15) is 42.6 Å². The van der Waals surface area contributed by atoms with Gasteiger partial charge in [0.25, 0.3) is 5.91 Å². The second kappa shape index (κ2) is 8.32. The van der Waals surface area contributed by atoms with Crippen molar-refractivity contribution in [2.24, 2.45) is 0 Å². The molecule has 7 nitrogen and oxygen atoms in total. The Bertz CT molecular complexity index is 773. The first-order valence-electron chi connectivity index (χ1n) is 10.8. The fourth-order valence-electron chi connectivity index (χ4n) is 4.98. The molecule has 7 heteroatoms. The predicted octanol–water partition coefficient (Wildman–Crippen LogP) is 2.24. The third-order valence-corrected chi connectivity index (χ3v) is 6.19. The lowest BCUT2D eigenvalue weighted by molar-refractivity contribution is -0.0715. The highest BCUT2D eigenvalue weighted by Gasteiger charge is 2.33. The normalized spacial score (nSPS) is 28.1. The molecule has 1 aromatic carbocycles. The molecule has 158 valence electrons. The van der Waals surface area contributed by atoms with Crippen molar-refractivity contribution in [3.63, 3.8) is 0 Å².